The van der Waals surface area contributed by atoms with E-state index in [0.29, 0.717) is 22.9 Å². The van der Waals surface area contributed by atoms with Crippen LogP contribution in [-0.4, -0.2) is 17.4 Å². The number of nitrogens with zero attached hydrogens (tertiary/aromatic N) is 1. The zero-order valence-electron chi connectivity index (χ0n) is 17.4. The predicted octanol–water partition coefficient (Wildman–Crippen LogP) is 6.17. The van der Waals surface area contributed by atoms with Crippen molar-refractivity contribution in [3.05, 3.63) is 101 Å². The first-order valence-electron chi connectivity index (χ1n) is 10.4. The van der Waals surface area contributed by atoms with E-state index in [1.807, 2.05) is 72.8 Å². The van der Waals surface area contributed by atoms with E-state index in [1.54, 1.807) is 0 Å². The molecule has 4 nitrogen and oxygen atoms in total. The number of hydrogen-bond donors (Lipinski definition) is 2. The molecule has 156 valence electrons. The number of halogens is 1. The Hall–Kier alpha value is -3.37. The molecule has 0 aliphatic heterocycles. The number of aromatic nitrogens is 1. The highest BCUT2D eigenvalue weighted by molar-refractivity contribution is 6.30. The van der Waals surface area contributed by atoms with Crippen LogP contribution >= 0.6 is 11.6 Å². The average molecular weight is 430 g/mol. The molecule has 0 unspecified atom stereocenters. The molecule has 0 aliphatic rings. The Morgan fingerprint density at radius 1 is 0.968 bits per heavy atom. The molecule has 4 aromatic rings. The summed E-state index contributed by atoms with van der Waals surface area (Å²) in [6.07, 6.45) is 1.65. The quantitative estimate of drug-likeness (QED) is 0.369. The molecule has 5 heteroatoms. The largest absolute Gasteiger partial charge is 0.352 e. The van der Waals surface area contributed by atoms with E-state index in [9.17, 15) is 4.79 Å². The molecule has 0 fully saturated rings. The molecule has 4 rings (SSSR count). The zero-order valence-corrected chi connectivity index (χ0v) is 18.1. The fourth-order valence-electron chi connectivity index (χ4n) is 3.58. The van der Waals surface area contributed by atoms with Crippen molar-refractivity contribution in [2.24, 2.45) is 0 Å². The summed E-state index contributed by atoms with van der Waals surface area (Å²) in [6.45, 7) is 2.66. The summed E-state index contributed by atoms with van der Waals surface area (Å²) in [5, 5.41) is 7.98. The third kappa shape index (κ3) is 5.04. The number of hydrogen-bond acceptors (Lipinski definition) is 3. The van der Waals surface area contributed by atoms with Crippen molar-refractivity contribution >= 4 is 39.9 Å². The van der Waals surface area contributed by atoms with Crippen LogP contribution in [0.3, 0.4) is 0 Å². The van der Waals surface area contributed by atoms with Crippen molar-refractivity contribution in [1.29, 1.82) is 0 Å². The third-order valence-corrected chi connectivity index (χ3v) is 5.49. The molecule has 1 amide bonds. The maximum absolute atomic E-state index is 13.0. The Bertz CT molecular complexity index is 1200. The van der Waals surface area contributed by atoms with Crippen LogP contribution in [0.1, 0.15) is 28.4 Å². The summed E-state index contributed by atoms with van der Waals surface area (Å²) >= 11 is 5.94. The van der Waals surface area contributed by atoms with Crippen LogP contribution in [0.25, 0.3) is 10.9 Å². The maximum atomic E-state index is 13.0. The molecule has 0 saturated carbocycles. The van der Waals surface area contributed by atoms with E-state index in [4.69, 9.17) is 16.6 Å². The van der Waals surface area contributed by atoms with Crippen molar-refractivity contribution in [1.82, 2.24) is 10.3 Å². The van der Waals surface area contributed by atoms with Gasteiger partial charge in [-0.1, -0.05) is 67.1 Å². The zero-order chi connectivity index (χ0) is 21.6. The average Bonchev–Trinajstić information content (AvgIpc) is 2.80. The maximum Gasteiger partial charge on any atom is 0.252 e. The lowest BCUT2D eigenvalue weighted by molar-refractivity contribution is 0.0956. The van der Waals surface area contributed by atoms with Gasteiger partial charge in [0.25, 0.3) is 5.91 Å². The van der Waals surface area contributed by atoms with E-state index in [1.165, 1.54) is 5.56 Å². The minimum atomic E-state index is -0.112. The molecule has 2 N–H and O–H groups in total. The second kappa shape index (κ2) is 9.63. The first-order chi connectivity index (χ1) is 15.1. The van der Waals surface area contributed by atoms with E-state index in [2.05, 4.69) is 23.6 Å². The molecule has 1 aromatic heterocycles. The number of amides is 1. The smallest absolute Gasteiger partial charge is 0.252 e. The van der Waals surface area contributed by atoms with Gasteiger partial charge in [-0.25, -0.2) is 4.98 Å². The lowest BCUT2D eigenvalue weighted by atomic mass is 10.1. The van der Waals surface area contributed by atoms with Gasteiger partial charge in [0.05, 0.1) is 11.1 Å². The molecule has 0 radical (unpaired) electrons. The number of nitrogens with one attached hydrogen (secondary N) is 2. The molecule has 31 heavy (non-hydrogen) atoms. The van der Waals surface area contributed by atoms with Gasteiger partial charge in [-0.3, -0.25) is 4.79 Å². The van der Waals surface area contributed by atoms with Gasteiger partial charge in [0.15, 0.2) is 0 Å². The number of para-hydroxylation sites is 2. The summed E-state index contributed by atoms with van der Waals surface area (Å²) in [7, 11) is 0. The Balaban J connectivity index is 1.57. The highest BCUT2D eigenvalue weighted by Crippen LogP contribution is 2.25. The van der Waals surface area contributed by atoms with Crippen LogP contribution in [0.5, 0.6) is 0 Å². The molecule has 0 bridgehead atoms. The summed E-state index contributed by atoms with van der Waals surface area (Å²) in [4.78, 5) is 17.8. The minimum Gasteiger partial charge on any atom is -0.352 e. The lowest BCUT2D eigenvalue weighted by Crippen LogP contribution is -2.26. The number of benzene rings is 3. The normalized spacial score (nSPS) is 10.8. The molecular weight excluding hydrogens is 406 g/mol. The van der Waals surface area contributed by atoms with Crippen LogP contribution < -0.4 is 10.6 Å². The number of carbonyl (C=O) groups excluding carboxylic acids is 1. The van der Waals surface area contributed by atoms with Crippen molar-refractivity contribution in [2.45, 2.75) is 19.8 Å². The number of anilines is 2. The lowest BCUT2D eigenvalue weighted by Gasteiger charge is -2.13. The first-order valence-corrected chi connectivity index (χ1v) is 10.8. The van der Waals surface area contributed by atoms with Gasteiger partial charge in [-0.05, 0) is 54.3 Å². The Morgan fingerprint density at radius 2 is 1.71 bits per heavy atom. The predicted molar refractivity (Wildman–Crippen MR) is 128 cm³/mol. The van der Waals surface area contributed by atoms with Crippen LogP contribution in [0.15, 0.2) is 78.9 Å². The second-order valence-corrected chi connectivity index (χ2v) is 7.78. The van der Waals surface area contributed by atoms with Crippen molar-refractivity contribution < 1.29 is 4.79 Å². The fraction of sp³-hybridized carbons (Fsp3) is 0.154. The molecule has 0 spiro atoms. The van der Waals surface area contributed by atoms with E-state index in [0.717, 1.165) is 35.0 Å². The van der Waals surface area contributed by atoms with Gasteiger partial charge < -0.3 is 10.6 Å². The summed E-state index contributed by atoms with van der Waals surface area (Å²) in [6, 6.07) is 25.4. The Labute approximate surface area is 187 Å². The Kier molecular flexibility index (Phi) is 6.48. The first kappa shape index (κ1) is 20.9. The van der Waals surface area contributed by atoms with Crippen molar-refractivity contribution in [3.63, 3.8) is 0 Å². The van der Waals surface area contributed by atoms with Gasteiger partial charge in [0.2, 0.25) is 0 Å². The molecule has 1 heterocycles. The number of rotatable bonds is 7. The van der Waals surface area contributed by atoms with Gasteiger partial charge in [0.1, 0.15) is 5.82 Å². The van der Waals surface area contributed by atoms with Gasteiger partial charge >= 0.3 is 0 Å². The van der Waals surface area contributed by atoms with Crippen molar-refractivity contribution in [2.75, 3.05) is 11.9 Å². The highest BCUT2D eigenvalue weighted by atomic mass is 35.5. The number of fused-ring (bicyclic) bond motifs is 1. The summed E-state index contributed by atoms with van der Waals surface area (Å²) in [5.74, 6) is 0.543. The summed E-state index contributed by atoms with van der Waals surface area (Å²) < 4.78 is 0. The standard InChI is InChI=1S/C26H24ClN3O/c1-2-19-7-3-5-9-23(19)29-25-17-22(21-8-4-6-10-24(21)30-25)26(31)28-16-15-18-11-13-20(27)14-12-18/h3-14,17H,2,15-16H2,1H3,(H,28,31)(H,29,30). The SMILES string of the molecule is CCc1ccccc1Nc1cc(C(=O)NCCc2ccc(Cl)cc2)c2ccccc2n1. The summed E-state index contributed by atoms with van der Waals surface area (Å²) in [5.41, 5.74) is 4.72. The van der Waals surface area contributed by atoms with Crippen LogP contribution in [-0.2, 0) is 12.8 Å². The van der Waals surface area contributed by atoms with Gasteiger partial charge in [0, 0.05) is 22.6 Å². The van der Waals surface area contributed by atoms with E-state index >= 15 is 0 Å². The number of carbonyl (C=O) groups is 1. The molecule has 0 saturated heterocycles. The van der Waals surface area contributed by atoms with Crippen molar-refractivity contribution in [3.8, 4) is 0 Å². The number of aryl methyl sites for hydroxylation is 1. The van der Waals surface area contributed by atoms with E-state index < -0.39 is 0 Å². The topological polar surface area (TPSA) is 54.0 Å². The minimum absolute atomic E-state index is 0.112. The van der Waals surface area contributed by atoms with Crippen LogP contribution in [0, 0.1) is 0 Å². The fourth-order valence-corrected chi connectivity index (χ4v) is 3.71. The molecular formula is C26H24ClN3O. The monoisotopic (exact) mass is 429 g/mol. The molecule has 0 aliphatic carbocycles. The van der Waals surface area contributed by atoms with Crippen LogP contribution in [0.2, 0.25) is 5.02 Å². The third-order valence-electron chi connectivity index (χ3n) is 5.23. The van der Waals surface area contributed by atoms with Gasteiger partial charge in [-0.2, -0.15) is 0 Å². The number of pyridine rings is 1. The second-order valence-electron chi connectivity index (χ2n) is 7.34. The van der Waals surface area contributed by atoms with E-state index in [-0.39, 0.29) is 5.91 Å². The molecule has 3 aromatic carbocycles. The van der Waals surface area contributed by atoms with Crippen LogP contribution in [0.4, 0.5) is 11.5 Å². The van der Waals surface area contributed by atoms with Gasteiger partial charge in [-0.15, -0.1) is 0 Å². The Morgan fingerprint density at radius 3 is 2.52 bits per heavy atom. The molecule has 0 atom stereocenters. The highest BCUT2D eigenvalue weighted by Gasteiger charge is 2.13.